The number of hydrogen-bond acceptors (Lipinski definition) is 2. The Morgan fingerprint density at radius 3 is 2.28 bits per heavy atom. The molecule has 0 radical (unpaired) electrons. The van der Waals surface area contributed by atoms with E-state index in [1.165, 1.54) is 5.69 Å². The molecule has 2 rings (SSSR count). The Morgan fingerprint density at radius 2 is 1.72 bits per heavy atom. The molecule has 0 atom stereocenters. The van der Waals surface area contributed by atoms with Gasteiger partial charge in [-0.3, -0.25) is 4.99 Å². The molecule has 1 aromatic rings. The highest BCUT2D eigenvalue weighted by atomic mass is 127. The van der Waals surface area contributed by atoms with E-state index in [1.807, 2.05) is 18.2 Å². The van der Waals surface area contributed by atoms with Crippen LogP contribution in [-0.4, -0.2) is 56.8 Å². The van der Waals surface area contributed by atoms with E-state index in [4.69, 9.17) is 0 Å². The summed E-state index contributed by atoms with van der Waals surface area (Å²) in [7, 11) is 1.71. The van der Waals surface area contributed by atoms with Gasteiger partial charge < -0.3 is 15.1 Å². The number of alkyl halides is 3. The lowest BCUT2D eigenvalue weighted by atomic mass is 10.2. The van der Waals surface area contributed by atoms with Crippen molar-refractivity contribution in [2.45, 2.75) is 25.4 Å². The van der Waals surface area contributed by atoms with Crippen LogP contribution in [0.25, 0.3) is 0 Å². The predicted octanol–water partition coefficient (Wildman–Crippen LogP) is 3.73. The summed E-state index contributed by atoms with van der Waals surface area (Å²) in [6.45, 7) is 4.01. The number of anilines is 1. The van der Waals surface area contributed by atoms with Crippen LogP contribution in [0.4, 0.5) is 18.9 Å². The number of piperazine rings is 1. The zero-order valence-corrected chi connectivity index (χ0v) is 16.8. The van der Waals surface area contributed by atoms with Crippen LogP contribution < -0.4 is 10.2 Å². The maximum atomic E-state index is 12.1. The molecule has 0 spiro atoms. The summed E-state index contributed by atoms with van der Waals surface area (Å²) in [5.41, 5.74) is 1.22. The van der Waals surface area contributed by atoms with Gasteiger partial charge >= 0.3 is 6.18 Å². The molecule has 1 fully saturated rings. The van der Waals surface area contributed by atoms with Crippen LogP contribution in [-0.2, 0) is 0 Å². The van der Waals surface area contributed by atoms with E-state index >= 15 is 0 Å². The van der Waals surface area contributed by atoms with Gasteiger partial charge in [-0.15, -0.1) is 24.0 Å². The first-order valence-corrected chi connectivity index (χ1v) is 8.32. The van der Waals surface area contributed by atoms with Gasteiger partial charge in [0.25, 0.3) is 0 Å². The molecule has 0 bridgehead atoms. The zero-order valence-electron chi connectivity index (χ0n) is 14.4. The fourth-order valence-electron chi connectivity index (χ4n) is 2.80. The highest BCUT2D eigenvalue weighted by Crippen LogP contribution is 2.21. The Kier molecular flexibility index (Phi) is 9.37. The van der Waals surface area contributed by atoms with E-state index in [0.29, 0.717) is 13.0 Å². The summed E-state index contributed by atoms with van der Waals surface area (Å²) in [5.74, 6) is 0.773. The second kappa shape index (κ2) is 10.7. The Labute approximate surface area is 164 Å². The van der Waals surface area contributed by atoms with Gasteiger partial charge in [-0.2, -0.15) is 13.2 Å². The van der Waals surface area contributed by atoms with Gasteiger partial charge in [0.05, 0.1) is 0 Å². The normalized spacial score (nSPS) is 15.8. The monoisotopic (exact) mass is 470 g/mol. The quantitative estimate of drug-likeness (QED) is 0.308. The van der Waals surface area contributed by atoms with Crippen LogP contribution in [0.1, 0.15) is 19.3 Å². The third-order valence-corrected chi connectivity index (χ3v) is 4.08. The lowest BCUT2D eigenvalue weighted by Crippen LogP contribution is -2.52. The zero-order chi connectivity index (χ0) is 17.4. The Bertz CT molecular complexity index is 514. The first kappa shape index (κ1) is 21.9. The summed E-state index contributed by atoms with van der Waals surface area (Å²) in [6, 6.07) is 10.3. The minimum absolute atomic E-state index is 0. The fourth-order valence-corrected chi connectivity index (χ4v) is 2.80. The molecule has 1 aromatic carbocycles. The molecule has 1 aliphatic rings. The Balaban J connectivity index is 0.00000312. The maximum Gasteiger partial charge on any atom is 0.389 e. The van der Waals surface area contributed by atoms with Crippen LogP contribution in [0, 0.1) is 0 Å². The molecule has 1 saturated heterocycles. The standard InChI is InChI=1S/C17H25F3N4.HI/c1-21-16(22-10-6-5-9-17(18,19)20)24-13-11-23(12-14-24)15-7-3-2-4-8-15;/h2-4,7-8H,5-6,9-14H2,1H3,(H,21,22);1H. The Hall–Kier alpha value is -1.19. The van der Waals surface area contributed by atoms with Crippen LogP contribution >= 0.6 is 24.0 Å². The molecule has 1 heterocycles. The van der Waals surface area contributed by atoms with Crippen molar-refractivity contribution in [3.8, 4) is 0 Å². The van der Waals surface area contributed by atoms with E-state index in [-0.39, 0.29) is 30.4 Å². The minimum Gasteiger partial charge on any atom is -0.368 e. The van der Waals surface area contributed by atoms with E-state index in [0.717, 1.165) is 32.1 Å². The molecule has 0 saturated carbocycles. The van der Waals surface area contributed by atoms with Crippen molar-refractivity contribution in [2.24, 2.45) is 4.99 Å². The smallest absolute Gasteiger partial charge is 0.368 e. The van der Waals surface area contributed by atoms with Crippen molar-refractivity contribution < 1.29 is 13.2 Å². The van der Waals surface area contributed by atoms with E-state index < -0.39 is 12.6 Å². The SMILES string of the molecule is CN=C(NCCCCC(F)(F)F)N1CCN(c2ccccc2)CC1.I. The first-order valence-electron chi connectivity index (χ1n) is 8.32. The summed E-state index contributed by atoms with van der Waals surface area (Å²) >= 11 is 0. The fraction of sp³-hybridized carbons (Fsp3) is 0.588. The molecule has 1 N–H and O–H groups in total. The molecule has 0 aromatic heterocycles. The maximum absolute atomic E-state index is 12.1. The molecule has 25 heavy (non-hydrogen) atoms. The molecule has 4 nitrogen and oxygen atoms in total. The number of unbranched alkanes of at least 4 members (excludes halogenated alkanes) is 1. The molecule has 1 aliphatic heterocycles. The summed E-state index contributed by atoms with van der Waals surface area (Å²) in [5, 5.41) is 3.17. The summed E-state index contributed by atoms with van der Waals surface area (Å²) < 4.78 is 36.4. The largest absolute Gasteiger partial charge is 0.389 e. The number of benzene rings is 1. The molecule has 0 amide bonds. The van der Waals surface area contributed by atoms with Crippen LogP contribution in [0.15, 0.2) is 35.3 Å². The van der Waals surface area contributed by atoms with Crippen molar-refractivity contribution >= 4 is 35.6 Å². The molecular weight excluding hydrogens is 444 g/mol. The van der Waals surface area contributed by atoms with Crippen LogP contribution in [0.3, 0.4) is 0 Å². The van der Waals surface area contributed by atoms with Crippen LogP contribution in [0.2, 0.25) is 0 Å². The van der Waals surface area contributed by atoms with Crippen molar-refractivity contribution in [1.82, 2.24) is 10.2 Å². The predicted molar refractivity (Wildman–Crippen MR) is 107 cm³/mol. The Morgan fingerprint density at radius 1 is 1.08 bits per heavy atom. The number of aliphatic imine (C=N–C) groups is 1. The van der Waals surface area contributed by atoms with E-state index in [2.05, 4.69) is 32.2 Å². The molecular formula is C17H26F3IN4. The molecule has 142 valence electrons. The van der Waals surface area contributed by atoms with Crippen molar-refractivity contribution in [3.05, 3.63) is 30.3 Å². The van der Waals surface area contributed by atoms with Crippen molar-refractivity contribution in [1.29, 1.82) is 0 Å². The van der Waals surface area contributed by atoms with Gasteiger partial charge in [0.15, 0.2) is 5.96 Å². The lowest BCUT2D eigenvalue weighted by Gasteiger charge is -2.37. The second-order valence-corrected chi connectivity index (χ2v) is 5.86. The highest BCUT2D eigenvalue weighted by Gasteiger charge is 2.26. The van der Waals surface area contributed by atoms with Crippen molar-refractivity contribution in [2.75, 3.05) is 44.7 Å². The average Bonchev–Trinajstić information content (AvgIpc) is 2.58. The van der Waals surface area contributed by atoms with E-state index in [1.54, 1.807) is 7.05 Å². The van der Waals surface area contributed by atoms with Gasteiger partial charge in [0, 0.05) is 51.9 Å². The minimum atomic E-state index is -4.06. The topological polar surface area (TPSA) is 30.9 Å². The summed E-state index contributed by atoms with van der Waals surface area (Å²) in [6.07, 6.45) is -4.14. The van der Waals surface area contributed by atoms with Gasteiger partial charge in [-0.25, -0.2) is 0 Å². The number of nitrogens with zero attached hydrogens (tertiary/aromatic N) is 3. The average molecular weight is 470 g/mol. The van der Waals surface area contributed by atoms with Crippen LogP contribution in [0.5, 0.6) is 0 Å². The number of para-hydroxylation sites is 1. The third-order valence-electron chi connectivity index (χ3n) is 4.08. The molecule has 0 aliphatic carbocycles. The molecule has 8 heteroatoms. The van der Waals surface area contributed by atoms with Crippen molar-refractivity contribution in [3.63, 3.8) is 0 Å². The molecule has 0 unspecified atom stereocenters. The number of hydrogen-bond donors (Lipinski definition) is 1. The van der Waals surface area contributed by atoms with E-state index in [9.17, 15) is 13.2 Å². The number of guanidine groups is 1. The number of rotatable bonds is 5. The number of halogens is 4. The third kappa shape index (κ3) is 7.70. The van der Waals surface area contributed by atoms with Gasteiger partial charge in [-0.1, -0.05) is 18.2 Å². The van der Waals surface area contributed by atoms with Gasteiger partial charge in [-0.05, 0) is 25.0 Å². The summed E-state index contributed by atoms with van der Waals surface area (Å²) in [4.78, 5) is 8.73. The second-order valence-electron chi connectivity index (χ2n) is 5.86. The lowest BCUT2D eigenvalue weighted by molar-refractivity contribution is -0.135. The van der Waals surface area contributed by atoms with Gasteiger partial charge in [0.2, 0.25) is 0 Å². The number of nitrogens with one attached hydrogen (secondary N) is 1. The van der Waals surface area contributed by atoms with Gasteiger partial charge in [0.1, 0.15) is 0 Å². The first-order chi connectivity index (χ1) is 11.5. The highest BCUT2D eigenvalue weighted by molar-refractivity contribution is 14.0.